The van der Waals surface area contributed by atoms with Crippen molar-refractivity contribution in [2.75, 3.05) is 37.7 Å². The summed E-state index contributed by atoms with van der Waals surface area (Å²) in [6, 6.07) is 3.09. The quantitative estimate of drug-likeness (QED) is 0.631. The van der Waals surface area contributed by atoms with Gasteiger partial charge in [-0.05, 0) is 50.7 Å². The van der Waals surface area contributed by atoms with E-state index in [2.05, 4.69) is 10.3 Å². The molecule has 0 spiro atoms. The maximum absolute atomic E-state index is 13.3. The Hall–Kier alpha value is -2.45. The zero-order chi connectivity index (χ0) is 20.6. The molecule has 0 aromatic carbocycles. The van der Waals surface area contributed by atoms with E-state index in [0.717, 1.165) is 12.8 Å². The van der Waals surface area contributed by atoms with E-state index in [1.54, 1.807) is 13.0 Å². The number of nitrogens with zero attached hydrogens (tertiary/aromatic N) is 2. The number of nitrogens with one attached hydrogen (secondary N) is 1. The molecule has 9 heteroatoms. The second kappa shape index (κ2) is 7.42. The largest absolute Gasteiger partial charge is 0.476 e. The predicted molar refractivity (Wildman–Crippen MR) is 100 cm³/mol. The summed E-state index contributed by atoms with van der Waals surface area (Å²) < 4.78 is 37.4. The number of halogens is 2. The lowest BCUT2D eigenvalue weighted by Crippen LogP contribution is -2.56. The molecule has 1 aromatic rings. The van der Waals surface area contributed by atoms with Gasteiger partial charge in [0, 0.05) is 6.54 Å². The Labute approximate surface area is 167 Å². The highest BCUT2D eigenvalue weighted by atomic mass is 19.3. The second-order valence-electron chi connectivity index (χ2n) is 8.17. The van der Waals surface area contributed by atoms with E-state index >= 15 is 0 Å². The summed E-state index contributed by atoms with van der Waals surface area (Å²) >= 11 is 0. The number of anilines is 1. The predicted octanol–water partition coefficient (Wildman–Crippen LogP) is 2.40. The summed E-state index contributed by atoms with van der Waals surface area (Å²) in [6.45, 7) is 1.92. The first kappa shape index (κ1) is 19.8. The number of hydrogen-bond acceptors (Lipinski definition) is 6. The lowest BCUT2D eigenvalue weighted by molar-refractivity contribution is -0.149. The van der Waals surface area contributed by atoms with Crippen LogP contribution in [0.2, 0.25) is 0 Å². The molecule has 2 saturated carbocycles. The van der Waals surface area contributed by atoms with Crippen molar-refractivity contribution in [2.24, 2.45) is 11.3 Å². The monoisotopic (exact) mass is 409 g/mol. The van der Waals surface area contributed by atoms with Gasteiger partial charge in [0.2, 0.25) is 5.88 Å². The van der Waals surface area contributed by atoms with Crippen molar-refractivity contribution >= 4 is 17.6 Å². The molecule has 0 bridgehead atoms. The third-order valence-electron chi connectivity index (χ3n) is 5.56. The van der Waals surface area contributed by atoms with Gasteiger partial charge in [-0.3, -0.25) is 9.59 Å². The fraction of sp³-hybridized carbons (Fsp3) is 0.650. The Kier molecular flexibility index (Phi) is 5.08. The Morgan fingerprint density at radius 3 is 2.59 bits per heavy atom. The molecule has 0 unspecified atom stereocenters. The first-order valence-electron chi connectivity index (χ1n) is 10.0. The van der Waals surface area contributed by atoms with Crippen molar-refractivity contribution in [2.45, 2.75) is 38.5 Å². The van der Waals surface area contributed by atoms with Crippen LogP contribution >= 0.6 is 0 Å². The number of esters is 1. The normalized spacial score (nSPS) is 21.1. The molecule has 29 heavy (non-hydrogen) atoms. The van der Waals surface area contributed by atoms with Crippen LogP contribution in [0.1, 0.15) is 43.1 Å². The minimum atomic E-state index is -2.71. The number of alkyl halides is 2. The molecular formula is C20H25F2N3O4. The van der Waals surface area contributed by atoms with Crippen molar-refractivity contribution in [1.82, 2.24) is 10.3 Å². The van der Waals surface area contributed by atoms with E-state index in [4.69, 9.17) is 9.47 Å². The molecule has 1 amide bonds. The fourth-order valence-electron chi connectivity index (χ4n) is 3.30. The maximum atomic E-state index is 13.3. The van der Waals surface area contributed by atoms with Crippen LogP contribution in [0.25, 0.3) is 0 Å². The van der Waals surface area contributed by atoms with E-state index < -0.39 is 17.2 Å². The summed E-state index contributed by atoms with van der Waals surface area (Å²) in [4.78, 5) is 30.4. The Morgan fingerprint density at radius 1 is 1.28 bits per heavy atom. The van der Waals surface area contributed by atoms with Crippen LogP contribution in [0.5, 0.6) is 5.88 Å². The smallest absolute Gasteiger partial charge is 0.313 e. The first-order valence-corrected chi connectivity index (χ1v) is 10.0. The molecule has 3 fully saturated rings. The molecule has 4 rings (SSSR count). The zero-order valence-electron chi connectivity index (χ0n) is 16.4. The number of carbonyl (C=O) groups excluding carboxylic acids is 2. The number of pyridine rings is 1. The van der Waals surface area contributed by atoms with Gasteiger partial charge in [-0.2, -0.15) is 0 Å². The van der Waals surface area contributed by atoms with Gasteiger partial charge in [0.25, 0.3) is 11.8 Å². The molecule has 2 aliphatic carbocycles. The summed E-state index contributed by atoms with van der Waals surface area (Å²) in [5.74, 6) is -2.78. The van der Waals surface area contributed by atoms with Crippen LogP contribution in [0.15, 0.2) is 12.1 Å². The third-order valence-corrected chi connectivity index (χ3v) is 5.56. The maximum Gasteiger partial charge on any atom is 0.313 e. The van der Waals surface area contributed by atoms with Crippen LogP contribution < -0.4 is 15.0 Å². The van der Waals surface area contributed by atoms with Crippen LogP contribution in [-0.4, -0.2) is 55.6 Å². The molecule has 3 aliphatic rings. The summed E-state index contributed by atoms with van der Waals surface area (Å²) in [5.41, 5.74) is -0.0371. The Bertz CT molecular complexity index is 801. The van der Waals surface area contributed by atoms with Gasteiger partial charge in [0.05, 0.1) is 31.7 Å². The van der Waals surface area contributed by atoms with Gasteiger partial charge in [0.15, 0.2) is 0 Å². The molecule has 158 valence electrons. The van der Waals surface area contributed by atoms with E-state index in [1.165, 1.54) is 11.0 Å². The fourth-order valence-corrected chi connectivity index (χ4v) is 3.30. The van der Waals surface area contributed by atoms with Crippen molar-refractivity contribution in [3.05, 3.63) is 17.8 Å². The van der Waals surface area contributed by atoms with E-state index in [0.29, 0.717) is 37.7 Å². The number of rotatable bonds is 9. The topological polar surface area (TPSA) is 80.8 Å². The van der Waals surface area contributed by atoms with Crippen LogP contribution in [0, 0.1) is 11.3 Å². The first-order chi connectivity index (χ1) is 13.8. The average molecular weight is 409 g/mol. The highest BCUT2D eigenvalue weighted by Crippen LogP contribution is 2.46. The number of amides is 1. The number of aromatic nitrogens is 1. The van der Waals surface area contributed by atoms with Crippen LogP contribution in [-0.2, 0) is 9.53 Å². The highest BCUT2D eigenvalue weighted by molar-refractivity contribution is 5.93. The minimum Gasteiger partial charge on any atom is -0.476 e. The molecule has 0 atom stereocenters. The number of carbonyl (C=O) groups is 2. The molecule has 1 aromatic heterocycles. The van der Waals surface area contributed by atoms with Crippen LogP contribution in [0.3, 0.4) is 0 Å². The molecule has 1 N–H and O–H groups in total. The molecular weight excluding hydrogens is 384 g/mol. The van der Waals surface area contributed by atoms with Crippen molar-refractivity contribution in [1.29, 1.82) is 0 Å². The second-order valence-corrected chi connectivity index (χ2v) is 8.17. The highest BCUT2D eigenvalue weighted by Gasteiger charge is 2.51. The minimum absolute atomic E-state index is 0.131. The van der Waals surface area contributed by atoms with Gasteiger partial charge in [-0.25, -0.2) is 13.8 Å². The van der Waals surface area contributed by atoms with Crippen molar-refractivity contribution in [3.8, 4) is 5.88 Å². The van der Waals surface area contributed by atoms with Gasteiger partial charge >= 0.3 is 5.97 Å². The third kappa shape index (κ3) is 4.43. The lowest BCUT2D eigenvalue weighted by Gasteiger charge is -2.40. The lowest BCUT2D eigenvalue weighted by atomic mass is 10.1. The molecule has 7 nitrogen and oxygen atoms in total. The van der Waals surface area contributed by atoms with Crippen LogP contribution in [0.4, 0.5) is 14.5 Å². The van der Waals surface area contributed by atoms with Gasteiger partial charge in [0.1, 0.15) is 11.4 Å². The Morgan fingerprint density at radius 2 is 2.00 bits per heavy atom. The number of hydrogen-bond donors (Lipinski definition) is 1. The van der Waals surface area contributed by atoms with E-state index in [1.807, 2.05) is 0 Å². The van der Waals surface area contributed by atoms with E-state index in [-0.39, 0.29) is 37.2 Å². The SMILES string of the molecule is CCOC(=O)C1(CNC(=O)c2ccc(N3CC(F)(F)C3)c(OCC3CC3)n2)CC1. The summed E-state index contributed by atoms with van der Waals surface area (Å²) in [5, 5.41) is 2.74. The van der Waals surface area contributed by atoms with Gasteiger partial charge < -0.3 is 19.7 Å². The standard InChI is InChI=1S/C20H25F2N3O4/c1-2-28-18(27)19(7-8-19)10-23-16(26)14-5-6-15(25-11-20(21,22)12-25)17(24-14)29-9-13-3-4-13/h5-6,13H,2-4,7-12H2,1H3,(H,23,26). The summed E-state index contributed by atoms with van der Waals surface area (Å²) in [7, 11) is 0. The van der Waals surface area contributed by atoms with Gasteiger partial charge in [-0.1, -0.05) is 0 Å². The Balaban J connectivity index is 1.43. The number of ether oxygens (including phenoxy) is 2. The van der Waals surface area contributed by atoms with E-state index in [9.17, 15) is 18.4 Å². The average Bonchev–Trinajstić information content (AvgIpc) is 3.58. The van der Waals surface area contributed by atoms with Crippen molar-refractivity contribution < 1.29 is 27.8 Å². The molecule has 0 radical (unpaired) electrons. The summed E-state index contributed by atoms with van der Waals surface area (Å²) in [6.07, 6.45) is 3.51. The van der Waals surface area contributed by atoms with Gasteiger partial charge in [-0.15, -0.1) is 0 Å². The zero-order valence-corrected chi connectivity index (χ0v) is 16.4. The molecule has 1 saturated heterocycles. The molecule has 2 heterocycles. The molecule has 1 aliphatic heterocycles. The van der Waals surface area contributed by atoms with Crippen molar-refractivity contribution in [3.63, 3.8) is 0 Å².